The lowest BCUT2D eigenvalue weighted by Gasteiger charge is -2.21. The Bertz CT molecular complexity index is 841. The van der Waals surface area contributed by atoms with Gasteiger partial charge in [0.25, 0.3) is 5.69 Å². The van der Waals surface area contributed by atoms with Crippen LogP contribution in [0.2, 0.25) is 0 Å². The maximum absolute atomic E-state index is 12.4. The largest absolute Gasteiger partial charge is 0.384 e. The molecule has 1 aliphatic rings. The summed E-state index contributed by atoms with van der Waals surface area (Å²) in [6, 6.07) is 10.5. The molecule has 3 rings (SSSR count). The fourth-order valence-electron chi connectivity index (χ4n) is 2.98. The van der Waals surface area contributed by atoms with E-state index >= 15 is 0 Å². The number of benzene rings is 2. The number of carbonyl (C=O) groups is 1. The number of fused-ring (bicyclic) bond motifs is 1. The molecule has 0 spiro atoms. The van der Waals surface area contributed by atoms with Crippen LogP contribution in [0.15, 0.2) is 40.9 Å². The molecule has 2 aromatic rings. The molecular formula is C17H17BrN4O3. The summed E-state index contributed by atoms with van der Waals surface area (Å²) >= 11 is 3.38. The molecule has 25 heavy (non-hydrogen) atoms. The molecule has 1 heterocycles. The molecule has 0 atom stereocenters. The number of nitrogens with zero attached hydrogens (tertiary/aromatic N) is 2. The molecular weight excluding hydrogens is 388 g/mol. The second-order valence-corrected chi connectivity index (χ2v) is 6.63. The number of anilines is 3. The number of hydrogen-bond acceptors (Lipinski definition) is 5. The maximum Gasteiger partial charge on any atom is 0.292 e. The Morgan fingerprint density at radius 3 is 2.84 bits per heavy atom. The van der Waals surface area contributed by atoms with Crippen molar-refractivity contribution >= 4 is 44.6 Å². The summed E-state index contributed by atoms with van der Waals surface area (Å²) < 4.78 is 0.779. The van der Waals surface area contributed by atoms with E-state index in [9.17, 15) is 14.9 Å². The molecule has 8 heteroatoms. The number of likely N-dealkylation sites (N-methyl/N-ethyl adjacent to an activating group) is 1. The van der Waals surface area contributed by atoms with Crippen molar-refractivity contribution in [2.24, 2.45) is 0 Å². The lowest BCUT2D eigenvalue weighted by atomic mass is 10.1. The molecule has 0 saturated carbocycles. The highest BCUT2D eigenvalue weighted by molar-refractivity contribution is 9.10. The zero-order valence-corrected chi connectivity index (χ0v) is 15.2. The monoisotopic (exact) mass is 404 g/mol. The average molecular weight is 405 g/mol. The van der Waals surface area contributed by atoms with Gasteiger partial charge in [-0.25, -0.2) is 0 Å². The molecule has 130 valence electrons. The average Bonchev–Trinajstić information content (AvgIpc) is 3.04. The van der Waals surface area contributed by atoms with E-state index in [1.807, 2.05) is 18.2 Å². The quantitative estimate of drug-likeness (QED) is 0.588. The number of nitrogens with one attached hydrogen (secondary N) is 2. The van der Waals surface area contributed by atoms with E-state index in [0.717, 1.165) is 22.3 Å². The molecule has 0 saturated heterocycles. The Labute approximate surface area is 153 Å². The topological polar surface area (TPSA) is 87.5 Å². The Balaban J connectivity index is 1.83. The van der Waals surface area contributed by atoms with Crippen LogP contribution in [0.1, 0.15) is 5.56 Å². The summed E-state index contributed by atoms with van der Waals surface area (Å²) in [5, 5.41) is 17.4. The van der Waals surface area contributed by atoms with Gasteiger partial charge in [-0.15, -0.1) is 0 Å². The van der Waals surface area contributed by atoms with Gasteiger partial charge in [0.1, 0.15) is 5.69 Å². The van der Waals surface area contributed by atoms with Crippen LogP contribution in [0.5, 0.6) is 0 Å². The first kappa shape index (κ1) is 17.2. The first-order valence-electron chi connectivity index (χ1n) is 7.77. The first-order chi connectivity index (χ1) is 12.0. The van der Waals surface area contributed by atoms with Crippen LogP contribution in [0.4, 0.5) is 22.7 Å². The molecule has 0 aromatic heterocycles. The van der Waals surface area contributed by atoms with Crippen molar-refractivity contribution in [1.29, 1.82) is 0 Å². The molecule has 0 radical (unpaired) electrons. The maximum atomic E-state index is 12.4. The Morgan fingerprint density at radius 2 is 2.12 bits per heavy atom. The molecule has 0 bridgehead atoms. The Hall–Kier alpha value is -2.61. The van der Waals surface area contributed by atoms with Crippen molar-refractivity contribution in [3.63, 3.8) is 0 Å². The summed E-state index contributed by atoms with van der Waals surface area (Å²) in [5.41, 5.74) is 2.94. The summed E-state index contributed by atoms with van der Waals surface area (Å²) in [4.78, 5) is 25.0. The number of nitro benzene ring substituents is 1. The molecule has 0 unspecified atom stereocenters. The summed E-state index contributed by atoms with van der Waals surface area (Å²) in [6.45, 7) is 0.749. The smallest absolute Gasteiger partial charge is 0.292 e. The van der Waals surface area contributed by atoms with Gasteiger partial charge in [-0.2, -0.15) is 0 Å². The van der Waals surface area contributed by atoms with Gasteiger partial charge in [-0.1, -0.05) is 12.1 Å². The van der Waals surface area contributed by atoms with Crippen LogP contribution in [-0.4, -0.2) is 31.0 Å². The number of nitro groups is 1. The number of rotatable bonds is 5. The van der Waals surface area contributed by atoms with Crippen molar-refractivity contribution < 1.29 is 9.72 Å². The zero-order valence-electron chi connectivity index (χ0n) is 13.6. The Morgan fingerprint density at radius 1 is 1.36 bits per heavy atom. The predicted octanol–water partition coefficient (Wildman–Crippen LogP) is 3.40. The first-order valence-corrected chi connectivity index (χ1v) is 8.56. The van der Waals surface area contributed by atoms with Gasteiger partial charge in [-0.3, -0.25) is 14.9 Å². The highest BCUT2D eigenvalue weighted by Gasteiger charge is 2.27. The molecule has 0 aliphatic carbocycles. The van der Waals surface area contributed by atoms with Gasteiger partial charge in [0.2, 0.25) is 5.91 Å². The fourth-order valence-corrected chi connectivity index (χ4v) is 3.37. The van der Waals surface area contributed by atoms with Crippen LogP contribution in [-0.2, 0) is 11.2 Å². The van der Waals surface area contributed by atoms with Gasteiger partial charge in [0.05, 0.1) is 17.2 Å². The minimum atomic E-state index is -0.407. The SMILES string of the molecule is CN(CC(=O)Nc1ccccc1Br)c1c([N+](=O)[O-])ccc2c1CCN2. The van der Waals surface area contributed by atoms with Crippen molar-refractivity contribution in [2.75, 3.05) is 35.7 Å². The van der Waals surface area contributed by atoms with Crippen LogP contribution >= 0.6 is 15.9 Å². The number of hydrogen-bond donors (Lipinski definition) is 2. The zero-order chi connectivity index (χ0) is 18.0. The third-order valence-corrected chi connectivity index (χ3v) is 4.75. The van der Waals surface area contributed by atoms with Crippen molar-refractivity contribution in [3.05, 3.63) is 56.5 Å². The third kappa shape index (κ3) is 3.58. The fraction of sp³-hybridized carbons (Fsp3) is 0.235. The molecule has 2 aromatic carbocycles. The van der Waals surface area contributed by atoms with E-state index in [2.05, 4.69) is 26.6 Å². The number of para-hydroxylation sites is 1. The summed E-state index contributed by atoms with van der Waals surface area (Å²) in [6.07, 6.45) is 0.697. The van der Waals surface area contributed by atoms with E-state index in [1.54, 1.807) is 24.1 Å². The highest BCUT2D eigenvalue weighted by Crippen LogP contribution is 2.38. The van der Waals surface area contributed by atoms with Gasteiger partial charge >= 0.3 is 0 Å². The lowest BCUT2D eigenvalue weighted by Crippen LogP contribution is -2.31. The molecule has 0 fully saturated rings. The lowest BCUT2D eigenvalue weighted by molar-refractivity contribution is -0.384. The standard InChI is InChI=1S/C17H17BrN4O3/c1-21(10-16(23)20-14-5-3-2-4-12(14)18)17-11-8-9-19-13(11)6-7-15(17)22(24)25/h2-7,19H,8-10H2,1H3,(H,20,23). The van der Waals surface area contributed by atoms with Gasteiger partial charge in [0, 0.05) is 35.4 Å². The Kier molecular flexibility index (Phi) is 4.89. The van der Waals surface area contributed by atoms with E-state index in [-0.39, 0.29) is 18.1 Å². The number of amides is 1. The minimum absolute atomic E-state index is 0.0125. The van der Waals surface area contributed by atoms with Crippen molar-refractivity contribution in [1.82, 2.24) is 0 Å². The van der Waals surface area contributed by atoms with E-state index in [4.69, 9.17) is 0 Å². The normalized spacial score (nSPS) is 12.2. The van der Waals surface area contributed by atoms with Gasteiger partial charge in [0.15, 0.2) is 0 Å². The van der Waals surface area contributed by atoms with Crippen LogP contribution in [0.3, 0.4) is 0 Å². The number of carbonyl (C=O) groups excluding carboxylic acids is 1. The van der Waals surface area contributed by atoms with Crippen molar-refractivity contribution in [2.45, 2.75) is 6.42 Å². The van der Waals surface area contributed by atoms with E-state index in [0.29, 0.717) is 17.8 Å². The van der Waals surface area contributed by atoms with E-state index in [1.165, 1.54) is 6.07 Å². The second-order valence-electron chi connectivity index (χ2n) is 5.78. The van der Waals surface area contributed by atoms with Crippen molar-refractivity contribution in [3.8, 4) is 0 Å². The summed E-state index contributed by atoms with van der Waals surface area (Å²) in [5.74, 6) is -0.243. The third-order valence-electron chi connectivity index (χ3n) is 4.06. The number of halogens is 1. The molecule has 2 N–H and O–H groups in total. The van der Waals surface area contributed by atoms with Gasteiger partial charge in [-0.05, 0) is 40.5 Å². The van der Waals surface area contributed by atoms with Crippen LogP contribution in [0, 0.1) is 10.1 Å². The van der Waals surface area contributed by atoms with Crippen LogP contribution in [0.25, 0.3) is 0 Å². The molecule has 1 aliphatic heterocycles. The summed E-state index contributed by atoms with van der Waals surface area (Å²) in [7, 11) is 1.69. The van der Waals surface area contributed by atoms with Crippen LogP contribution < -0.4 is 15.5 Å². The molecule has 1 amide bonds. The van der Waals surface area contributed by atoms with Gasteiger partial charge < -0.3 is 15.5 Å². The second kappa shape index (κ2) is 7.10. The van der Waals surface area contributed by atoms with E-state index < -0.39 is 4.92 Å². The highest BCUT2D eigenvalue weighted by atomic mass is 79.9. The molecule has 7 nitrogen and oxygen atoms in total. The predicted molar refractivity (Wildman–Crippen MR) is 101 cm³/mol. The minimum Gasteiger partial charge on any atom is -0.384 e.